The lowest BCUT2D eigenvalue weighted by Gasteiger charge is -2.13. The summed E-state index contributed by atoms with van der Waals surface area (Å²) in [5.41, 5.74) is 0.765. The number of ketones is 1. The number of hydrogen-bond acceptors (Lipinski definition) is 5. The minimum absolute atomic E-state index is 0.00510. The van der Waals surface area contributed by atoms with Crippen LogP contribution in [0.2, 0.25) is 0 Å². The van der Waals surface area contributed by atoms with E-state index in [1.165, 1.54) is 18.4 Å². The van der Waals surface area contributed by atoms with Crippen LogP contribution in [0.25, 0.3) is 0 Å². The second-order valence-electron chi connectivity index (χ2n) is 4.70. The Balaban J connectivity index is 1.87. The van der Waals surface area contributed by atoms with Gasteiger partial charge in [0.25, 0.3) is 0 Å². The first-order valence-corrected chi connectivity index (χ1v) is 6.83. The molecule has 7 nitrogen and oxygen atoms in total. The number of Topliss-reactive ketones (excluding diaryl/α,β-unsaturated/α-hetero) is 1. The highest BCUT2D eigenvalue weighted by Gasteiger charge is 2.25. The quantitative estimate of drug-likeness (QED) is 0.759. The monoisotopic (exact) mass is 317 g/mol. The SMILES string of the molecule is O=C(NC(CC(=O)c1ccco1)C(=O)O)OCc1ccccc1. The number of benzene rings is 1. The van der Waals surface area contributed by atoms with Crippen molar-refractivity contribution in [2.24, 2.45) is 0 Å². The number of nitrogens with one attached hydrogen (secondary N) is 1. The summed E-state index contributed by atoms with van der Waals surface area (Å²) >= 11 is 0. The van der Waals surface area contributed by atoms with E-state index < -0.39 is 30.3 Å². The highest BCUT2D eigenvalue weighted by molar-refractivity contribution is 5.97. The van der Waals surface area contributed by atoms with Crippen molar-refractivity contribution in [3.8, 4) is 0 Å². The average molecular weight is 317 g/mol. The summed E-state index contributed by atoms with van der Waals surface area (Å²) in [6.07, 6.45) is -0.0260. The number of carbonyl (C=O) groups is 3. The number of alkyl carbamates (subject to hydrolysis) is 1. The van der Waals surface area contributed by atoms with E-state index in [4.69, 9.17) is 14.3 Å². The Morgan fingerprint density at radius 2 is 1.87 bits per heavy atom. The summed E-state index contributed by atoms with van der Waals surface area (Å²) in [6.45, 7) is 0.00510. The fourth-order valence-corrected chi connectivity index (χ4v) is 1.83. The molecule has 0 aliphatic carbocycles. The molecule has 1 heterocycles. The summed E-state index contributed by atoms with van der Waals surface area (Å²) in [4.78, 5) is 34.7. The van der Waals surface area contributed by atoms with Crippen molar-refractivity contribution < 1.29 is 28.6 Å². The maximum absolute atomic E-state index is 11.8. The number of rotatable bonds is 7. The van der Waals surface area contributed by atoms with E-state index in [0.29, 0.717) is 0 Å². The van der Waals surface area contributed by atoms with E-state index in [1.54, 1.807) is 24.3 Å². The van der Waals surface area contributed by atoms with Gasteiger partial charge in [-0.2, -0.15) is 0 Å². The van der Waals surface area contributed by atoms with Gasteiger partial charge in [-0.1, -0.05) is 30.3 Å². The normalized spacial score (nSPS) is 11.5. The van der Waals surface area contributed by atoms with Crippen LogP contribution in [0.4, 0.5) is 4.79 Å². The molecule has 2 aromatic rings. The Morgan fingerprint density at radius 1 is 1.13 bits per heavy atom. The van der Waals surface area contributed by atoms with Crippen molar-refractivity contribution >= 4 is 17.8 Å². The molecular formula is C16H15NO6. The van der Waals surface area contributed by atoms with Crippen LogP contribution >= 0.6 is 0 Å². The van der Waals surface area contributed by atoms with E-state index in [1.807, 2.05) is 6.07 Å². The first kappa shape index (κ1) is 16.3. The number of ether oxygens (including phenoxy) is 1. The molecular weight excluding hydrogens is 302 g/mol. The maximum atomic E-state index is 11.8. The van der Waals surface area contributed by atoms with Crippen LogP contribution in [-0.2, 0) is 16.1 Å². The Morgan fingerprint density at radius 3 is 2.48 bits per heavy atom. The smallest absolute Gasteiger partial charge is 0.408 e. The van der Waals surface area contributed by atoms with E-state index in [-0.39, 0.29) is 12.4 Å². The zero-order chi connectivity index (χ0) is 16.7. The van der Waals surface area contributed by atoms with Crippen LogP contribution in [0.5, 0.6) is 0 Å². The fraction of sp³-hybridized carbons (Fsp3) is 0.188. The molecule has 0 fully saturated rings. The lowest BCUT2D eigenvalue weighted by Crippen LogP contribution is -2.42. The lowest BCUT2D eigenvalue weighted by molar-refractivity contribution is -0.139. The minimum Gasteiger partial charge on any atom is -0.480 e. The molecule has 0 saturated heterocycles. The van der Waals surface area contributed by atoms with Gasteiger partial charge in [0.2, 0.25) is 5.78 Å². The molecule has 0 saturated carbocycles. The highest BCUT2D eigenvalue weighted by atomic mass is 16.5. The van der Waals surface area contributed by atoms with Crippen molar-refractivity contribution in [1.82, 2.24) is 5.32 Å². The van der Waals surface area contributed by atoms with E-state index in [0.717, 1.165) is 5.56 Å². The third kappa shape index (κ3) is 4.99. The van der Waals surface area contributed by atoms with Crippen molar-refractivity contribution in [1.29, 1.82) is 0 Å². The van der Waals surface area contributed by atoms with Gasteiger partial charge in [-0.25, -0.2) is 9.59 Å². The number of furan rings is 1. The molecule has 0 bridgehead atoms. The minimum atomic E-state index is -1.39. The predicted molar refractivity (Wildman–Crippen MR) is 78.8 cm³/mol. The van der Waals surface area contributed by atoms with Crippen LogP contribution < -0.4 is 5.32 Å². The van der Waals surface area contributed by atoms with E-state index in [9.17, 15) is 14.4 Å². The molecule has 7 heteroatoms. The molecule has 1 aromatic heterocycles. The summed E-state index contributed by atoms with van der Waals surface area (Å²) in [7, 11) is 0. The van der Waals surface area contributed by atoms with Gasteiger partial charge in [0, 0.05) is 6.42 Å². The first-order chi connectivity index (χ1) is 11.1. The molecule has 1 amide bonds. The third-order valence-corrected chi connectivity index (χ3v) is 2.99. The highest BCUT2D eigenvalue weighted by Crippen LogP contribution is 2.07. The van der Waals surface area contributed by atoms with Gasteiger partial charge < -0.3 is 19.6 Å². The molecule has 1 unspecified atom stereocenters. The molecule has 120 valence electrons. The van der Waals surface area contributed by atoms with Gasteiger partial charge in [0.1, 0.15) is 12.6 Å². The molecule has 2 N–H and O–H groups in total. The van der Waals surface area contributed by atoms with Crippen molar-refractivity contribution in [3.05, 3.63) is 60.1 Å². The number of hydrogen-bond donors (Lipinski definition) is 2. The fourth-order valence-electron chi connectivity index (χ4n) is 1.83. The van der Waals surface area contributed by atoms with Gasteiger partial charge in [-0.05, 0) is 17.7 Å². The number of carboxylic acid groups (broad SMARTS) is 1. The molecule has 1 aromatic carbocycles. The topological polar surface area (TPSA) is 106 Å². The molecule has 0 aliphatic heterocycles. The molecule has 1 atom stereocenters. The molecule has 0 radical (unpaired) electrons. The lowest BCUT2D eigenvalue weighted by atomic mass is 10.1. The van der Waals surface area contributed by atoms with Crippen molar-refractivity contribution in [2.45, 2.75) is 19.1 Å². The maximum Gasteiger partial charge on any atom is 0.408 e. The van der Waals surface area contributed by atoms with Gasteiger partial charge in [-0.3, -0.25) is 4.79 Å². The van der Waals surface area contributed by atoms with Gasteiger partial charge in [-0.15, -0.1) is 0 Å². The van der Waals surface area contributed by atoms with E-state index in [2.05, 4.69) is 5.32 Å². The second-order valence-corrected chi connectivity index (χ2v) is 4.70. The average Bonchev–Trinajstić information content (AvgIpc) is 3.07. The molecule has 2 rings (SSSR count). The second kappa shape index (κ2) is 7.79. The molecule has 0 aliphatic rings. The number of carboxylic acids is 1. The Labute approximate surface area is 131 Å². The Hall–Kier alpha value is -3.09. The largest absolute Gasteiger partial charge is 0.480 e. The summed E-state index contributed by atoms with van der Waals surface area (Å²) in [5, 5.41) is 11.3. The summed E-state index contributed by atoms with van der Waals surface area (Å²) in [5.74, 6) is -1.82. The van der Waals surface area contributed by atoms with Crippen LogP contribution in [0.15, 0.2) is 53.1 Å². The van der Waals surface area contributed by atoms with Crippen LogP contribution in [0, 0.1) is 0 Å². The predicted octanol–water partition coefficient (Wildman–Crippen LogP) is 2.23. The van der Waals surface area contributed by atoms with Gasteiger partial charge in [0.15, 0.2) is 5.76 Å². The Bertz CT molecular complexity index is 665. The molecule has 23 heavy (non-hydrogen) atoms. The number of carbonyl (C=O) groups excluding carboxylic acids is 2. The van der Waals surface area contributed by atoms with Crippen molar-refractivity contribution in [3.63, 3.8) is 0 Å². The van der Waals surface area contributed by atoms with Gasteiger partial charge >= 0.3 is 12.1 Å². The third-order valence-electron chi connectivity index (χ3n) is 2.99. The summed E-state index contributed by atoms with van der Waals surface area (Å²) < 4.78 is 9.83. The van der Waals surface area contributed by atoms with Crippen LogP contribution in [-0.4, -0.2) is 29.0 Å². The zero-order valence-corrected chi connectivity index (χ0v) is 12.1. The standard InChI is InChI=1S/C16H15NO6/c18-13(14-7-4-8-22-14)9-12(15(19)20)17-16(21)23-10-11-5-2-1-3-6-11/h1-8,12H,9-10H2,(H,17,21)(H,19,20). The zero-order valence-electron chi connectivity index (χ0n) is 12.1. The number of aliphatic carboxylic acids is 1. The van der Waals surface area contributed by atoms with E-state index >= 15 is 0 Å². The first-order valence-electron chi connectivity index (χ1n) is 6.83. The summed E-state index contributed by atoms with van der Waals surface area (Å²) in [6, 6.07) is 10.5. The van der Waals surface area contributed by atoms with Crippen molar-refractivity contribution in [2.75, 3.05) is 0 Å². The van der Waals surface area contributed by atoms with Gasteiger partial charge in [0.05, 0.1) is 6.26 Å². The molecule has 0 spiro atoms. The Kier molecular flexibility index (Phi) is 5.51. The van der Waals surface area contributed by atoms with Crippen LogP contribution in [0.1, 0.15) is 22.5 Å². The van der Waals surface area contributed by atoms with Crippen LogP contribution in [0.3, 0.4) is 0 Å². The number of amides is 1.